The van der Waals surface area contributed by atoms with Gasteiger partial charge < -0.3 is 14.0 Å². The normalized spacial score (nSPS) is 13.4. The highest BCUT2D eigenvalue weighted by Crippen LogP contribution is 2.39. The molecule has 2 heterocycles. The lowest BCUT2D eigenvalue weighted by Gasteiger charge is -2.30. The zero-order valence-electron chi connectivity index (χ0n) is 25.8. The minimum atomic E-state index is 0.940. The number of nitrogens with zero attached hydrogens (tertiary/aromatic N) is 3. The number of fused-ring (bicyclic) bond motifs is 6. The van der Waals surface area contributed by atoms with Gasteiger partial charge in [0.15, 0.2) is 0 Å². The van der Waals surface area contributed by atoms with E-state index < -0.39 is 0 Å². The molecule has 1 aliphatic carbocycles. The fourth-order valence-corrected chi connectivity index (χ4v) is 7.51. The predicted octanol–water partition coefficient (Wildman–Crippen LogP) is 11.6. The van der Waals surface area contributed by atoms with Crippen LogP contribution in [0.4, 0.5) is 11.4 Å². The molecule has 6 aromatic carbocycles. The third kappa shape index (κ3) is 4.13. The van der Waals surface area contributed by atoms with Gasteiger partial charge in [-0.15, -0.1) is 0 Å². The summed E-state index contributed by atoms with van der Waals surface area (Å²) in [5.74, 6) is 0. The van der Waals surface area contributed by atoms with Gasteiger partial charge in [0.2, 0.25) is 0 Å². The summed E-state index contributed by atoms with van der Waals surface area (Å²) in [5, 5.41) is 5.23. The SMILES string of the molecule is Cc1cccc2c1c1ccccc1n2-c1ccc(N(C2=CC=C(n3c4ccccc4c4ccccc43)CC2)c2ccccc2)cc1. The van der Waals surface area contributed by atoms with Crippen LogP contribution in [0.5, 0.6) is 0 Å². The van der Waals surface area contributed by atoms with Gasteiger partial charge in [-0.25, -0.2) is 0 Å². The number of rotatable bonds is 5. The molecule has 0 unspecified atom stereocenters. The second-order valence-electron chi connectivity index (χ2n) is 12.2. The summed E-state index contributed by atoms with van der Waals surface area (Å²) in [7, 11) is 0. The Hall–Kier alpha value is -5.80. The van der Waals surface area contributed by atoms with E-state index >= 15 is 0 Å². The number of anilines is 2. The Balaban J connectivity index is 1.14. The molecule has 9 rings (SSSR count). The van der Waals surface area contributed by atoms with Crippen molar-refractivity contribution in [2.24, 2.45) is 0 Å². The van der Waals surface area contributed by atoms with Crippen molar-refractivity contribution < 1.29 is 0 Å². The third-order valence-electron chi connectivity index (χ3n) is 9.55. The lowest BCUT2D eigenvalue weighted by molar-refractivity contribution is 0.895. The topological polar surface area (TPSA) is 13.1 Å². The van der Waals surface area contributed by atoms with Crippen molar-refractivity contribution in [2.75, 3.05) is 4.90 Å². The molecule has 8 aromatic rings. The number of hydrogen-bond acceptors (Lipinski definition) is 1. The minimum absolute atomic E-state index is 0.940. The lowest BCUT2D eigenvalue weighted by Crippen LogP contribution is -2.18. The zero-order valence-corrected chi connectivity index (χ0v) is 25.8. The molecule has 2 aromatic heterocycles. The van der Waals surface area contributed by atoms with E-state index in [1.54, 1.807) is 0 Å². The van der Waals surface area contributed by atoms with Gasteiger partial charge in [0.1, 0.15) is 0 Å². The molecule has 1 aliphatic rings. The second kappa shape index (κ2) is 10.7. The van der Waals surface area contributed by atoms with Crippen molar-refractivity contribution in [3.8, 4) is 5.69 Å². The van der Waals surface area contributed by atoms with Crippen molar-refractivity contribution >= 4 is 60.7 Å². The van der Waals surface area contributed by atoms with Crippen molar-refractivity contribution in [1.29, 1.82) is 0 Å². The summed E-state index contributed by atoms with van der Waals surface area (Å²) in [5.41, 5.74) is 12.4. The van der Waals surface area contributed by atoms with E-state index in [4.69, 9.17) is 0 Å². The molecule has 220 valence electrons. The maximum absolute atomic E-state index is 2.45. The summed E-state index contributed by atoms with van der Waals surface area (Å²) in [6, 6.07) is 52.7. The van der Waals surface area contributed by atoms with Crippen LogP contribution in [0, 0.1) is 6.92 Å². The third-order valence-corrected chi connectivity index (χ3v) is 9.55. The van der Waals surface area contributed by atoms with Gasteiger partial charge in [0, 0.05) is 50.0 Å². The molecular weight excluding hydrogens is 558 g/mol. The number of para-hydroxylation sites is 4. The van der Waals surface area contributed by atoms with Crippen LogP contribution >= 0.6 is 0 Å². The van der Waals surface area contributed by atoms with Crippen LogP contribution in [0.1, 0.15) is 18.4 Å². The molecule has 0 radical (unpaired) electrons. The Morgan fingerprint density at radius 1 is 0.457 bits per heavy atom. The highest BCUT2D eigenvalue weighted by atomic mass is 15.2. The number of aryl methyl sites for hydroxylation is 1. The monoisotopic (exact) mass is 591 g/mol. The summed E-state index contributed by atoms with van der Waals surface area (Å²) in [4.78, 5) is 2.42. The van der Waals surface area contributed by atoms with E-state index in [1.807, 2.05) is 0 Å². The Kier molecular flexibility index (Phi) is 6.17. The zero-order chi connectivity index (χ0) is 30.6. The van der Waals surface area contributed by atoms with Crippen LogP contribution in [0.15, 0.2) is 163 Å². The second-order valence-corrected chi connectivity index (χ2v) is 12.2. The molecule has 0 N–H and O–H groups in total. The average molecular weight is 592 g/mol. The summed E-state index contributed by atoms with van der Waals surface area (Å²) in [6.45, 7) is 2.21. The van der Waals surface area contributed by atoms with Crippen LogP contribution in [0.3, 0.4) is 0 Å². The highest BCUT2D eigenvalue weighted by molar-refractivity contribution is 6.11. The molecule has 46 heavy (non-hydrogen) atoms. The van der Waals surface area contributed by atoms with Crippen LogP contribution in [-0.2, 0) is 0 Å². The molecule has 0 bridgehead atoms. The minimum Gasteiger partial charge on any atom is -0.314 e. The van der Waals surface area contributed by atoms with Gasteiger partial charge in [-0.1, -0.05) is 84.9 Å². The first-order valence-electron chi connectivity index (χ1n) is 16.1. The van der Waals surface area contributed by atoms with Crippen LogP contribution in [0.25, 0.3) is 55.0 Å². The number of allylic oxidation sites excluding steroid dienone is 4. The van der Waals surface area contributed by atoms with Crippen molar-refractivity contribution in [1.82, 2.24) is 9.13 Å². The van der Waals surface area contributed by atoms with Crippen molar-refractivity contribution in [2.45, 2.75) is 19.8 Å². The van der Waals surface area contributed by atoms with Gasteiger partial charge in [0.25, 0.3) is 0 Å². The first-order valence-corrected chi connectivity index (χ1v) is 16.1. The van der Waals surface area contributed by atoms with Crippen LogP contribution < -0.4 is 4.90 Å². The van der Waals surface area contributed by atoms with E-state index in [1.165, 1.54) is 71.9 Å². The molecule has 3 heteroatoms. The average Bonchev–Trinajstić information content (AvgIpc) is 3.64. The molecule has 0 saturated heterocycles. The molecule has 3 nitrogen and oxygen atoms in total. The summed E-state index contributed by atoms with van der Waals surface area (Å²) >= 11 is 0. The molecule has 0 saturated carbocycles. The fraction of sp³-hybridized carbons (Fsp3) is 0.0698. The number of aromatic nitrogens is 2. The maximum atomic E-state index is 2.45. The van der Waals surface area contributed by atoms with Crippen LogP contribution in [0.2, 0.25) is 0 Å². The Bertz CT molecular complexity index is 2420. The summed E-state index contributed by atoms with van der Waals surface area (Å²) < 4.78 is 4.85. The Morgan fingerprint density at radius 3 is 1.67 bits per heavy atom. The quantitative estimate of drug-likeness (QED) is 0.194. The number of hydrogen-bond donors (Lipinski definition) is 0. The molecular formula is C43H33N3. The number of benzene rings is 6. The molecule has 0 spiro atoms. The Morgan fingerprint density at radius 2 is 1.02 bits per heavy atom. The highest BCUT2D eigenvalue weighted by Gasteiger charge is 2.21. The van der Waals surface area contributed by atoms with E-state index in [0.717, 1.165) is 18.5 Å². The van der Waals surface area contributed by atoms with Gasteiger partial charge in [0.05, 0.1) is 22.1 Å². The van der Waals surface area contributed by atoms with Gasteiger partial charge in [-0.05, 0) is 98.1 Å². The molecule has 0 aliphatic heterocycles. The first kappa shape index (κ1) is 26.6. The van der Waals surface area contributed by atoms with Gasteiger partial charge >= 0.3 is 0 Å². The predicted molar refractivity (Wildman–Crippen MR) is 195 cm³/mol. The van der Waals surface area contributed by atoms with E-state index in [2.05, 4.69) is 179 Å². The maximum Gasteiger partial charge on any atom is 0.0543 e. The van der Waals surface area contributed by atoms with E-state index in [0.29, 0.717) is 0 Å². The Labute approximate surface area is 268 Å². The van der Waals surface area contributed by atoms with Crippen LogP contribution in [-0.4, -0.2) is 9.13 Å². The van der Waals surface area contributed by atoms with E-state index in [9.17, 15) is 0 Å². The largest absolute Gasteiger partial charge is 0.314 e. The summed E-state index contributed by atoms with van der Waals surface area (Å²) in [6.07, 6.45) is 6.54. The molecule has 0 atom stereocenters. The first-order chi connectivity index (χ1) is 22.8. The molecule has 0 fully saturated rings. The van der Waals surface area contributed by atoms with E-state index in [-0.39, 0.29) is 0 Å². The molecule has 0 amide bonds. The van der Waals surface area contributed by atoms with Gasteiger partial charge in [-0.2, -0.15) is 0 Å². The lowest BCUT2D eigenvalue weighted by atomic mass is 10.0. The smallest absolute Gasteiger partial charge is 0.0543 e. The van der Waals surface area contributed by atoms with Gasteiger partial charge in [-0.3, -0.25) is 0 Å². The van der Waals surface area contributed by atoms with Crippen molar-refractivity contribution in [3.63, 3.8) is 0 Å². The standard InChI is InChI=1S/C43H33N3/c1-30-12-11-21-42-43(30)38-17-7-10-20-41(38)46(42)35-28-24-33(25-29-35)44(31-13-3-2-4-14-31)32-22-26-34(27-23-32)45-39-18-8-5-15-36(39)37-16-6-9-19-40(37)45/h2-22,24-26,28-29H,23,27H2,1H3. The fourth-order valence-electron chi connectivity index (χ4n) is 7.51. The van der Waals surface area contributed by atoms with Crippen molar-refractivity contribution in [3.05, 3.63) is 169 Å².